The second kappa shape index (κ2) is 6.90. The first-order valence-corrected chi connectivity index (χ1v) is 5.88. The van der Waals surface area contributed by atoms with Crippen molar-refractivity contribution in [2.75, 3.05) is 0 Å². The highest BCUT2D eigenvalue weighted by Crippen LogP contribution is 2.27. The zero-order chi connectivity index (χ0) is 11.0. The molecule has 0 saturated carbocycles. The van der Waals surface area contributed by atoms with E-state index in [0.29, 0.717) is 5.41 Å². The summed E-state index contributed by atoms with van der Waals surface area (Å²) in [6.45, 7) is 11.4. The van der Waals surface area contributed by atoms with Crippen LogP contribution in [-0.4, -0.2) is 0 Å². The molecule has 0 heteroatoms. The molecular weight excluding hydrogens is 168 g/mol. The number of hydrogen-bond donors (Lipinski definition) is 0. The lowest BCUT2D eigenvalue weighted by Gasteiger charge is -2.25. The average Bonchev–Trinajstić information content (AvgIpc) is 2.09. The van der Waals surface area contributed by atoms with Gasteiger partial charge in [0.05, 0.1) is 0 Å². The third-order valence-corrected chi connectivity index (χ3v) is 2.89. The Kier molecular flexibility index (Phi) is 6.66. The Hall–Kier alpha value is -0.480. The van der Waals surface area contributed by atoms with Gasteiger partial charge in [-0.25, -0.2) is 0 Å². The van der Waals surface area contributed by atoms with Crippen LogP contribution in [0.25, 0.3) is 0 Å². The fraction of sp³-hybridized carbons (Fsp3) is 0.786. The molecule has 14 heavy (non-hydrogen) atoms. The van der Waals surface area contributed by atoms with Crippen molar-refractivity contribution in [3.63, 3.8) is 0 Å². The lowest BCUT2D eigenvalue weighted by atomic mass is 9.80. The van der Waals surface area contributed by atoms with Crippen LogP contribution in [0.3, 0.4) is 0 Å². The summed E-state index contributed by atoms with van der Waals surface area (Å²) >= 11 is 0. The maximum Gasteiger partial charge on any atom is -0.0244 e. The molecule has 0 spiro atoms. The summed E-state index contributed by atoms with van der Waals surface area (Å²) in [6, 6.07) is 0. The number of allylic oxidation sites excluding steroid dienone is 1. The minimum atomic E-state index is 0.418. The first-order chi connectivity index (χ1) is 6.48. The Morgan fingerprint density at radius 2 is 1.86 bits per heavy atom. The van der Waals surface area contributed by atoms with Crippen molar-refractivity contribution in [1.29, 1.82) is 0 Å². The van der Waals surface area contributed by atoms with Crippen molar-refractivity contribution < 1.29 is 0 Å². The zero-order valence-electron chi connectivity index (χ0n) is 10.6. The molecule has 0 heterocycles. The van der Waals surface area contributed by atoms with E-state index in [1.54, 1.807) is 0 Å². The molecule has 0 aromatic rings. The van der Waals surface area contributed by atoms with Crippen LogP contribution in [0.4, 0.5) is 0 Å². The largest absolute Gasteiger partial charge is 0.130 e. The fourth-order valence-electron chi connectivity index (χ4n) is 1.07. The van der Waals surface area contributed by atoms with Crippen LogP contribution in [-0.2, 0) is 0 Å². The molecule has 0 aliphatic heterocycles. The van der Waals surface area contributed by atoms with Gasteiger partial charge in [0, 0.05) is 0 Å². The van der Waals surface area contributed by atoms with Crippen LogP contribution in [0.5, 0.6) is 0 Å². The first kappa shape index (κ1) is 13.5. The van der Waals surface area contributed by atoms with Gasteiger partial charge in [0.1, 0.15) is 0 Å². The van der Waals surface area contributed by atoms with Crippen molar-refractivity contribution in [2.45, 2.75) is 60.3 Å². The second-order valence-electron chi connectivity index (χ2n) is 5.22. The molecular formula is C14H26. The Labute approximate surface area is 90.1 Å². The minimum Gasteiger partial charge on any atom is -0.130 e. The highest BCUT2D eigenvalue weighted by Gasteiger charge is 2.17. The van der Waals surface area contributed by atoms with Gasteiger partial charge in [-0.15, -0.1) is 5.73 Å². The molecule has 0 fully saturated rings. The molecule has 0 aromatic carbocycles. The fourth-order valence-corrected chi connectivity index (χ4v) is 1.07. The van der Waals surface area contributed by atoms with E-state index in [4.69, 9.17) is 0 Å². The van der Waals surface area contributed by atoms with Gasteiger partial charge in [-0.2, -0.15) is 0 Å². The number of hydrogen-bond acceptors (Lipinski definition) is 0. The summed E-state index contributed by atoms with van der Waals surface area (Å²) in [5, 5.41) is 0. The molecule has 0 aliphatic carbocycles. The summed E-state index contributed by atoms with van der Waals surface area (Å²) in [7, 11) is 0. The van der Waals surface area contributed by atoms with Crippen LogP contribution in [0.2, 0.25) is 0 Å². The predicted molar refractivity (Wildman–Crippen MR) is 65.4 cm³/mol. The predicted octanol–water partition coefficient (Wildman–Crippen LogP) is 4.96. The van der Waals surface area contributed by atoms with E-state index in [0.717, 1.165) is 12.3 Å². The van der Waals surface area contributed by atoms with Crippen molar-refractivity contribution in [3.05, 3.63) is 17.9 Å². The monoisotopic (exact) mass is 194 g/mol. The smallest absolute Gasteiger partial charge is 0.0244 e. The first-order valence-electron chi connectivity index (χ1n) is 5.88. The van der Waals surface area contributed by atoms with Gasteiger partial charge < -0.3 is 0 Å². The van der Waals surface area contributed by atoms with Crippen LogP contribution in [0.15, 0.2) is 17.9 Å². The zero-order valence-corrected chi connectivity index (χ0v) is 10.6. The minimum absolute atomic E-state index is 0.418. The molecule has 0 N–H and O–H groups in total. The van der Waals surface area contributed by atoms with Crippen LogP contribution < -0.4 is 0 Å². The number of unbranched alkanes of at least 4 members (excludes halogenated alkanes) is 2. The molecule has 0 radical (unpaired) electrons. The number of rotatable bonds is 5. The van der Waals surface area contributed by atoms with Crippen molar-refractivity contribution in [2.24, 2.45) is 11.3 Å². The summed E-state index contributed by atoms with van der Waals surface area (Å²) < 4.78 is 0. The molecule has 0 nitrogen and oxygen atoms in total. The average molecular weight is 194 g/mol. The maximum atomic E-state index is 3.27. The van der Waals surface area contributed by atoms with Crippen LogP contribution in [0, 0.1) is 11.3 Å². The van der Waals surface area contributed by atoms with E-state index >= 15 is 0 Å². The highest BCUT2D eigenvalue weighted by molar-refractivity contribution is 4.87. The standard InChI is InChI=1S/C14H26/c1-6-7-8-9-10-11-12-13(2)14(3,4)5/h9,11,13H,6-8,12H2,1-5H3. The molecule has 0 rings (SSSR count). The molecule has 82 valence electrons. The van der Waals surface area contributed by atoms with E-state index in [9.17, 15) is 0 Å². The van der Waals surface area contributed by atoms with E-state index in [2.05, 4.69) is 52.5 Å². The Balaban J connectivity index is 3.76. The second-order valence-corrected chi connectivity index (χ2v) is 5.22. The Bertz CT molecular complexity index is 187. The Morgan fingerprint density at radius 3 is 2.36 bits per heavy atom. The van der Waals surface area contributed by atoms with Crippen molar-refractivity contribution in [3.8, 4) is 0 Å². The molecule has 0 saturated heterocycles. The lowest BCUT2D eigenvalue weighted by molar-refractivity contribution is 0.264. The quantitative estimate of drug-likeness (QED) is 0.428. The van der Waals surface area contributed by atoms with Gasteiger partial charge in [0.25, 0.3) is 0 Å². The SMILES string of the molecule is CCCCC=C=CCC(C)C(C)(C)C. The van der Waals surface area contributed by atoms with Gasteiger partial charge >= 0.3 is 0 Å². The van der Waals surface area contributed by atoms with E-state index < -0.39 is 0 Å². The van der Waals surface area contributed by atoms with Crippen molar-refractivity contribution in [1.82, 2.24) is 0 Å². The van der Waals surface area contributed by atoms with Gasteiger partial charge in [-0.3, -0.25) is 0 Å². The summed E-state index contributed by atoms with van der Waals surface area (Å²) in [4.78, 5) is 0. The molecule has 0 amide bonds. The molecule has 1 unspecified atom stereocenters. The van der Waals surface area contributed by atoms with E-state index in [-0.39, 0.29) is 0 Å². The van der Waals surface area contributed by atoms with Crippen LogP contribution in [0.1, 0.15) is 60.3 Å². The summed E-state index contributed by atoms with van der Waals surface area (Å²) in [6.07, 6.45) is 9.24. The molecule has 0 aromatic heterocycles. The molecule has 0 bridgehead atoms. The topological polar surface area (TPSA) is 0 Å². The maximum absolute atomic E-state index is 3.27. The lowest BCUT2D eigenvalue weighted by Crippen LogP contribution is -2.16. The van der Waals surface area contributed by atoms with Gasteiger partial charge in [-0.1, -0.05) is 41.0 Å². The summed E-state index contributed by atoms with van der Waals surface area (Å²) in [5.74, 6) is 0.731. The highest BCUT2D eigenvalue weighted by atomic mass is 14.2. The molecule has 0 aliphatic rings. The Morgan fingerprint density at radius 1 is 1.21 bits per heavy atom. The van der Waals surface area contributed by atoms with Gasteiger partial charge in [0.15, 0.2) is 0 Å². The normalized spacial score (nSPS) is 13.2. The molecule has 1 atom stereocenters. The third-order valence-electron chi connectivity index (χ3n) is 2.89. The summed E-state index contributed by atoms with van der Waals surface area (Å²) in [5.41, 5.74) is 3.69. The van der Waals surface area contributed by atoms with Crippen LogP contribution >= 0.6 is 0 Å². The van der Waals surface area contributed by atoms with Gasteiger partial charge in [-0.05, 0) is 42.7 Å². The van der Waals surface area contributed by atoms with E-state index in [1.165, 1.54) is 19.3 Å². The van der Waals surface area contributed by atoms with Crippen molar-refractivity contribution >= 4 is 0 Å². The van der Waals surface area contributed by atoms with Gasteiger partial charge in [0.2, 0.25) is 0 Å². The van der Waals surface area contributed by atoms with E-state index in [1.807, 2.05) is 0 Å². The third kappa shape index (κ3) is 6.97.